The van der Waals surface area contributed by atoms with Crippen molar-refractivity contribution in [3.63, 3.8) is 0 Å². The first-order valence-corrected chi connectivity index (χ1v) is 4.87. The molecule has 80 valence electrons. The zero-order valence-electron chi connectivity index (χ0n) is 7.55. The van der Waals surface area contributed by atoms with E-state index in [9.17, 15) is 8.78 Å². The minimum Gasteiger partial charge on any atom is -0.473 e. The third-order valence-corrected chi connectivity index (χ3v) is 3.34. The van der Waals surface area contributed by atoms with E-state index in [2.05, 4.69) is 4.98 Å². The van der Waals surface area contributed by atoms with Crippen LogP contribution in [0.1, 0.15) is 11.8 Å². The van der Waals surface area contributed by atoms with Gasteiger partial charge in [0, 0.05) is 0 Å². The van der Waals surface area contributed by atoms with Crippen LogP contribution >= 0.6 is 22.9 Å². The van der Waals surface area contributed by atoms with Crippen molar-refractivity contribution >= 4 is 22.9 Å². The number of methoxy groups -OCH3 is 1. The molecule has 7 heteroatoms. The number of aromatic nitrogens is 1. The lowest BCUT2D eigenvalue weighted by atomic mass is 10.0. The van der Waals surface area contributed by atoms with Crippen molar-refractivity contribution in [3.8, 4) is 5.19 Å². The van der Waals surface area contributed by atoms with Gasteiger partial charge in [-0.1, -0.05) is 22.9 Å². The normalized spacial score (nSPS) is 15.6. The maximum absolute atomic E-state index is 12.5. The molecule has 1 rings (SSSR count). The second-order valence-electron chi connectivity index (χ2n) is 2.89. The molecule has 0 saturated carbocycles. The smallest absolute Gasteiger partial charge is 0.274 e. The molecule has 1 aromatic rings. The van der Waals surface area contributed by atoms with Crippen molar-refractivity contribution in [2.75, 3.05) is 7.11 Å². The molecule has 1 atom stereocenters. The summed E-state index contributed by atoms with van der Waals surface area (Å²) in [5, 5.41) is 0.194. The fraction of sp³-hybridized carbons (Fsp3) is 0.571. The number of hydrogen-bond acceptors (Lipinski definition) is 4. The molecule has 0 saturated heterocycles. The highest BCUT2D eigenvalue weighted by atomic mass is 35.5. The van der Waals surface area contributed by atoms with E-state index in [1.54, 1.807) is 0 Å². The highest BCUT2D eigenvalue weighted by molar-refractivity contribution is 7.14. The number of thiazole rings is 1. The first-order valence-electron chi connectivity index (χ1n) is 3.67. The van der Waals surface area contributed by atoms with Crippen LogP contribution in [-0.4, -0.2) is 18.5 Å². The fourth-order valence-electron chi connectivity index (χ4n) is 0.802. The van der Waals surface area contributed by atoms with Crippen LogP contribution < -0.4 is 10.5 Å². The minimum atomic E-state index is -2.70. The van der Waals surface area contributed by atoms with E-state index < -0.39 is 12.0 Å². The molecule has 0 bridgehead atoms. The molecule has 0 aliphatic rings. The van der Waals surface area contributed by atoms with Gasteiger partial charge in [0.15, 0.2) is 0 Å². The number of halogens is 3. The second-order valence-corrected chi connectivity index (χ2v) is 4.21. The molecule has 3 nitrogen and oxygen atoms in total. The molecule has 0 radical (unpaired) electrons. The van der Waals surface area contributed by atoms with Gasteiger partial charge in [-0.15, -0.1) is 0 Å². The molecule has 0 spiro atoms. The molecule has 0 aliphatic heterocycles. The summed E-state index contributed by atoms with van der Waals surface area (Å²) in [7, 11) is 1.38. The van der Waals surface area contributed by atoms with Crippen LogP contribution in [0.25, 0.3) is 0 Å². The zero-order chi connectivity index (χ0) is 10.9. The van der Waals surface area contributed by atoms with Crippen LogP contribution in [0.4, 0.5) is 8.78 Å². The summed E-state index contributed by atoms with van der Waals surface area (Å²) >= 11 is 6.58. The van der Waals surface area contributed by atoms with Gasteiger partial charge in [-0.3, -0.25) is 0 Å². The van der Waals surface area contributed by atoms with Gasteiger partial charge in [0.1, 0.15) is 10.7 Å². The molecule has 1 unspecified atom stereocenters. The Labute approximate surface area is 88.8 Å². The van der Waals surface area contributed by atoms with E-state index in [0.29, 0.717) is 0 Å². The summed E-state index contributed by atoms with van der Waals surface area (Å²) in [6.07, 6.45) is -2.70. The largest absolute Gasteiger partial charge is 0.473 e. The topological polar surface area (TPSA) is 48.1 Å². The lowest BCUT2D eigenvalue weighted by Crippen LogP contribution is -2.40. The standard InChI is InChI=1S/C7H9ClF2N2OS/c1-7(11,5(9)10)3-4(8)12-6(13-2)14-3/h5H,11H2,1-2H3. The minimum absolute atomic E-state index is 0.0304. The number of rotatable bonds is 3. The van der Waals surface area contributed by atoms with Gasteiger partial charge in [0.05, 0.1) is 12.0 Å². The van der Waals surface area contributed by atoms with Gasteiger partial charge < -0.3 is 10.5 Å². The van der Waals surface area contributed by atoms with Crippen molar-refractivity contribution < 1.29 is 13.5 Å². The van der Waals surface area contributed by atoms with E-state index >= 15 is 0 Å². The summed E-state index contributed by atoms with van der Waals surface area (Å²) < 4.78 is 29.9. The first-order chi connectivity index (χ1) is 6.39. The van der Waals surface area contributed by atoms with Crippen LogP contribution in [0.5, 0.6) is 5.19 Å². The Balaban J connectivity index is 3.11. The van der Waals surface area contributed by atoms with E-state index in [1.807, 2.05) is 0 Å². The number of nitrogens with zero attached hydrogens (tertiary/aromatic N) is 1. The van der Waals surface area contributed by atoms with Crippen LogP contribution in [0.3, 0.4) is 0 Å². The SMILES string of the molecule is COc1nc(Cl)c(C(C)(N)C(F)F)s1. The number of ether oxygens (including phenoxy) is 1. The van der Waals surface area contributed by atoms with Gasteiger partial charge in [-0.25, -0.2) is 8.78 Å². The number of alkyl halides is 2. The maximum Gasteiger partial charge on any atom is 0.274 e. The van der Waals surface area contributed by atoms with Gasteiger partial charge in [0.25, 0.3) is 11.6 Å². The van der Waals surface area contributed by atoms with Crippen molar-refractivity contribution in [1.29, 1.82) is 0 Å². The molecule has 14 heavy (non-hydrogen) atoms. The Bertz CT molecular complexity index is 329. The molecule has 2 N–H and O–H groups in total. The maximum atomic E-state index is 12.5. The van der Waals surface area contributed by atoms with Crippen LogP contribution in [0.15, 0.2) is 0 Å². The fourth-order valence-corrected chi connectivity index (χ4v) is 2.08. The summed E-state index contributed by atoms with van der Waals surface area (Å²) in [5.41, 5.74) is 3.64. The van der Waals surface area contributed by atoms with E-state index in [0.717, 1.165) is 11.3 Å². The molecular weight excluding hydrogens is 234 g/mol. The monoisotopic (exact) mass is 242 g/mol. The highest BCUT2D eigenvalue weighted by Gasteiger charge is 2.37. The Morgan fingerprint density at radius 3 is 2.57 bits per heavy atom. The van der Waals surface area contributed by atoms with Crippen molar-refractivity contribution in [3.05, 3.63) is 10.0 Å². The Morgan fingerprint density at radius 1 is 1.64 bits per heavy atom. The molecule has 0 aliphatic carbocycles. The molecule has 1 heterocycles. The average molecular weight is 243 g/mol. The Kier molecular flexibility index (Phi) is 3.28. The molecule has 0 fully saturated rings. The molecular formula is C7H9ClF2N2OS. The third kappa shape index (κ3) is 1.97. The van der Waals surface area contributed by atoms with Crippen molar-refractivity contribution in [2.24, 2.45) is 5.73 Å². The predicted molar refractivity (Wildman–Crippen MR) is 51.2 cm³/mol. The third-order valence-electron chi connectivity index (χ3n) is 1.68. The summed E-state index contributed by atoms with van der Waals surface area (Å²) in [4.78, 5) is 3.86. The summed E-state index contributed by atoms with van der Waals surface area (Å²) in [5.74, 6) is 0. The van der Waals surface area contributed by atoms with Gasteiger partial charge in [-0.05, 0) is 6.92 Å². The quantitative estimate of drug-likeness (QED) is 0.884. The Morgan fingerprint density at radius 2 is 2.21 bits per heavy atom. The lowest BCUT2D eigenvalue weighted by Gasteiger charge is -2.21. The predicted octanol–water partition coefficient (Wildman–Crippen LogP) is 2.24. The molecule has 0 aromatic carbocycles. The van der Waals surface area contributed by atoms with Gasteiger partial charge in [-0.2, -0.15) is 4.98 Å². The van der Waals surface area contributed by atoms with Gasteiger partial charge in [0.2, 0.25) is 0 Å². The van der Waals surface area contributed by atoms with Crippen LogP contribution in [0.2, 0.25) is 5.15 Å². The molecule has 0 amide bonds. The van der Waals surface area contributed by atoms with E-state index in [1.165, 1.54) is 14.0 Å². The van der Waals surface area contributed by atoms with E-state index in [-0.39, 0.29) is 15.2 Å². The average Bonchev–Trinajstić information content (AvgIpc) is 2.47. The zero-order valence-corrected chi connectivity index (χ0v) is 9.12. The van der Waals surface area contributed by atoms with Crippen LogP contribution in [-0.2, 0) is 5.54 Å². The number of nitrogens with two attached hydrogens (primary N) is 1. The Hall–Kier alpha value is -0.460. The lowest BCUT2D eigenvalue weighted by molar-refractivity contribution is 0.0644. The summed E-state index contributed by atoms with van der Waals surface area (Å²) in [6, 6.07) is 0. The second kappa shape index (κ2) is 3.96. The van der Waals surface area contributed by atoms with Gasteiger partial charge >= 0.3 is 0 Å². The molecule has 1 aromatic heterocycles. The summed E-state index contributed by atoms with van der Waals surface area (Å²) in [6.45, 7) is 1.20. The highest BCUT2D eigenvalue weighted by Crippen LogP contribution is 2.38. The number of hydrogen-bond donors (Lipinski definition) is 1. The van der Waals surface area contributed by atoms with Crippen molar-refractivity contribution in [1.82, 2.24) is 4.98 Å². The van der Waals surface area contributed by atoms with Crippen molar-refractivity contribution in [2.45, 2.75) is 18.9 Å². The van der Waals surface area contributed by atoms with Crippen LogP contribution in [0, 0.1) is 0 Å². The first kappa shape index (κ1) is 11.6. The van der Waals surface area contributed by atoms with E-state index in [4.69, 9.17) is 22.1 Å².